The maximum atomic E-state index is 12.1. The third-order valence-electron chi connectivity index (χ3n) is 1.85. The van der Waals surface area contributed by atoms with E-state index in [1.54, 1.807) is 6.92 Å². The van der Waals surface area contributed by atoms with Crippen LogP contribution in [0.1, 0.15) is 20.3 Å². The molecule has 0 heterocycles. The lowest BCUT2D eigenvalue weighted by molar-refractivity contribution is -0.147. The molecule has 2 nitrogen and oxygen atoms in total. The van der Waals surface area contributed by atoms with Crippen LogP contribution in [0.3, 0.4) is 0 Å². The topological polar surface area (TPSA) is 29.3 Å². The Morgan fingerprint density at radius 3 is 2.29 bits per heavy atom. The first kappa shape index (κ1) is 13.6. The Labute approximate surface area is 87.2 Å². The quantitative estimate of drug-likeness (QED) is 0.729. The van der Waals surface area contributed by atoms with E-state index in [1.165, 1.54) is 4.90 Å². The summed E-state index contributed by atoms with van der Waals surface area (Å²) in [7, 11) is 0. The Kier molecular flexibility index (Phi) is 5.36. The normalized spacial score (nSPS) is 14.4. The minimum atomic E-state index is -4.20. The highest BCUT2D eigenvalue weighted by atomic mass is 32.1. The fourth-order valence-corrected chi connectivity index (χ4v) is 1.26. The molecule has 1 unspecified atom stereocenters. The van der Waals surface area contributed by atoms with Crippen molar-refractivity contribution >= 4 is 17.2 Å². The van der Waals surface area contributed by atoms with E-state index in [-0.39, 0.29) is 4.99 Å². The van der Waals surface area contributed by atoms with E-state index in [4.69, 9.17) is 5.73 Å². The average molecular weight is 228 g/mol. The lowest BCUT2D eigenvalue weighted by atomic mass is 10.2. The van der Waals surface area contributed by atoms with Crippen LogP contribution >= 0.6 is 12.2 Å². The highest BCUT2D eigenvalue weighted by Crippen LogP contribution is 2.18. The van der Waals surface area contributed by atoms with Crippen LogP contribution in [0.25, 0.3) is 0 Å². The third kappa shape index (κ3) is 5.39. The molecule has 0 aromatic heterocycles. The Morgan fingerprint density at radius 2 is 2.00 bits per heavy atom. The molecule has 0 aliphatic heterocycles. The number of hydrogen-bond acceptors (Lipinski definition) is 2. The van der Waals surface area contributed by atoms with Crippen molar-refractivity contribution in [2.24, 2.45) is 5.73 Å². The minimum absolute atomic E-state index is 0.0997. The van der Waals surface area contributed by atoms with E-state index in [0.29, 0.717) is 13.0 Å². The molecule has 0 saturated heterocycles. The van der Waals surface area contributed by atoms with Crippen LogP contribution in [0.2, 0.25) is 0 Å². The SMILES string of the molecule is CCCN(CC(F)(F)F)C(C)C(N)=S. The summed E-state index contributed by atoms with van der Waals surface area (Å²) in [5, 5.41) is 0. The van der Waals surface area contributed by atoms with E-state index in [0.717, 1.165) is 0 Å². The van der Waals surface area contributed by atoms with E-state index in [9.17, 15) is 13.2 Å². The van der Waals surface area contributed by atoms with Crippen molar-refractivity contribution in [1.82, 2.24) is 4.90 Å². The zero-order valence-electron chi connectivity index (χ0n) is 8.27. The van der Waals surface area contributed by atoms with Crippen LogP contribution in [0.4, 0.5) is 13.2 Å². The van der Waals surface area contributed by atoms with Gasteiger partial charge in [-0.05, 0) is 19.9 Å². The van der Waals surface area contributed by atoms with Gasteiger partial charge in [0, 0.05) is 0 Å². The predicted octanol–water partition coefficient (Wildman–Crippen LogP) is 1.94. The standard InChI is InChI=1S/C8H15F3N2S/c1-3-4-13(5-8(9,10)11)6(2)7(12)14/h6H,3-5H2,1-2H3,(H2,12,14). The second kappa shape index (κ2) is 5.50. The molecule has 84 valence electrons. The van der Waals surface area contributed by atoms with Gasteiger partial charge in [0.25, 0.3) is 0 Å². The lowest BCUT2D eigenvalue weighted by Crippen LogP contribution is -2.46. The van der Waals surface area contributed by atoms with Crippen molar-refractivity contribution in [3.8, 4) is 0 Å². The summed E-state index contributed by atoms with van der Waals surface area (Å²) >= 11 is 4.67. The first-order chi connectivity index (χ1) is 6.28. The molecule has 0 amide bonds. The molecule has 0 bridgehead atoms. The Bertz CT molecular complexity index is 194. The monoisotopic (exact) mass is 228 g/mol. The van der Waals surface area contributed by atoms with Crippen LogP contribution in [0.5, 0.6) is 0 Å². The number of alkyl halides is 3. The van der Waals surface area contributed by atoms with Gasteiger partial charge < -0.3 is 5.73 Å². The van der Waals surface area contributed by atoms with Crippen molar-refractivity contribution in [2.75, 3.05) is 13.1 Å². The van der Waals surface area contributed by atoms with E-state index in [2.05, 4.69) is 12.2 Å². The van der Waals surface area contributed by atoms with E-state index in [1.807, 2.05) is 6.92 Å². The minimum Gasteiger partial charge on any atom is -0.392 e. The molecule has 0 radical (unpaired) electrons. The third-order valence-corrected chi connectivity index (χ3v) is 2.19. The van der Waals surface area contributed by atoms with Gasteiger partial charge in [-0.15, -0.1) is 0 Å². The van der Waals surface area contributed by atoms with Crippen LogP contribution in [0.15, 0.2) is 0 Å². The van der Waals surface area contributed by atoms with E-state index < -0.39 is 18.8 Å². The Balaban J connectivity index is 4.36. The van der Waals surface area contributed by atoms with Crippen LogP contribution in [0, 0.1) is 0 Å². The zero-order valence-corrected chi connectivity index (χ0v) is 9.08. The molecule has 6 heteroatoms. The fraction of sp³-hybridized carbons (Fsp3) is 0.875. The summed E-state index contributed by atoms with van der Waals surface area (Å²) in [6.07, 6.45) is -3.56. The second-order valence-corrected chi connectivity index (χ2v) is 3.64. The molecule has 0 aliphatic rings. The van der Waals surface area contributed by atoms with Gasteiger partial charge in [-0.1, -0.05) is 19.1 Å². The maximum absolute atomic E-state index is 12.1. The van der Waals surface area contributed by atoms with Gasteiger partial charge in [0.15, 0.2) is 0 Å². The number of thiocarbonyl (C=S) groups is 1. The number of rotatable bonds is 5. The van der Waals surface area contributed by atoms with Gasteiger partial charge >= 0.3 is 6.18 Å². The summed E-state index contributed by atoms with van der Waals surface area (Å²) in [4.78, 5) is 1.34. The molecule has 2 N–H and O–H groups in total. The summed E-state index contributed by atoms with van der Waals surface area (Å²) in [5.74, 6) is 0. The predicted molar refractivity (Wildman–Crippen MR) is 54.2 cm³/mol. The summed E-state index contributed by atoms with van der Waals surface area (Å²) in [6, 6.07) is -0.508. The first-order valence-electron chi connectivity index (χ1n) is 4.38. The molecule has 14 heavy (non-hydrogen) atoms. The van der Waals surface area contributed by atoms with Crippen LogP contribution in [-0.4, -0.2) is 35.2 Å². The van der Waals surface area contributed by atoms with Crippen LogP contribution < -0.4 is 5.73 Å². The largest absolute Gasteiger partial charge is 0.401 e. The van der Waals surface area contributed by atoms with Crippen molar-refractivity contribution in [3.63, 3.8) is 0 Å². The summed E-state index contributed by atoms with van der Waals surface area (Å²) in [6.45, 7) is 2.79. The summed E-state index contributed by atoms with van der Waals surface area (Å²) in [5.41, 5.74) is 5.31. The fourth-order valence-electron chi connectivity index (χ4n) is 1.11. The lowest BCUT2D eigenvalue weighted by Gasteiger charge is -2.28. The Morgan fingerprint density at radius 1 is 1.50 bits per heavy atom. The molecule has 0 aliphatic carbocycles. The molecule has 0 aromatic rings. The van der Waals surface area contributed by atoms with Crippen molar-refractivity contribution in [3.05, 3.63) is 0 Å². The van der Waals surface area contributed by atoms with Crippen molar-refractivity contribution < 1.29 is 13.2 Å². The van der Waals surface area contributed by atoms with Gasteiger partial charge in [-0.2, -0.15) is 13.2 Å². The second-order valence-electron chi connectivity index (χ2n) is 3.16. The zero-order chi connectivity index (χ0) is 11.4. The molecule has 0 saturated carbocycles. The molecule has 1 atom stereocenters. The van der Waals surface area contributed by atoms with Crippen molar-refractivity contribution in [1.29, 1.82) is 0 Å². The molecule has 0 rings (SSSR count). The highest BCUT2D eigenvalue weighted by Gasteiger charge is 2.32. The molecule has 0 fully saturated rings. The van der Waals surface area contributed by atoms with Gasteiger partial charge in [0.2, 0.25) is 0 Å². The maximum Gasteiger partial charge on any atom is 0.401 e. The van der Waals surface area contributed by atoms with Gasteiger partial charge in [-0.25, -0.2) is 0 Å². The number of halogens is 3. The van der Waals surface area contributed by atoms with Crippen LogP contribution in [-0.2, 0) is 0 Å². The average Bonchev–Trinajstić information content (AvgIpc) is 1.99. The number of nitrogens with two attached hydrogens (primary N) is 1. The van der Waals surface area contributed by atoms with Crippen molar-refractivity contribution in [2.45, 2.75) is 32.5 Å². The van der Waals surface area contributed by atoms with Gasteiger partial charge in [0.05, 0.1) is 17.6 Å². The Hall–Kier alpha value is -0.360. The molecular formula is C8H15F3N2S. The molecule has 0 spiro atoms. The number of nitrogens with zero attached hydrogens (tertiary/aromatic N) is 1. The van der Waals surface area contributed by atoms with E-state index >= 15 is 0 Å². The van der Waals surface area contributed by atoms with Gasteiger partial charge in [0.1, 0.15) is 0 Å². The van der Waals surface area contributed by atoms with Gasteiger partial charge in [-0.3, -0.25) is 4.90 Å². The summed E-state index contributed by atoms with van der Waals surface area (Å²) < 4.78 is 36.4. The molecular weight excluding hydrogens is 213 g/mol. The number of hydrogen-bond donors (Lipinski definition) is 1. The molecule has 0 aromatic carbocycles. The highest BCUT2D eigenvalue weighted by molar-refractivity contribution is 7.80. The smallest absolute Gasteiger partial charge is 0.392 e. The first-order valence-corrected chi connectivity index (χ1v) is 4.79.